The fraction of sp³-hybridized carbons (Fsp3) is 0.381. The maximum Gasteiger partial charge on any atom is 0.277 e. The van der Waals surface area contributed by atoms with Crippen molar-refractivity contribution in [2.75, 3.05) is 5.75 Å². The zero-order valence-electron chi connectivity index (χ0n) is 16.5. The molecule has 0 bridgehead atoms. The normalized spacial score (nSPS) is 14.8. The Morgan fingerprint density at radius 1 is 1.31 bits per heavy atom. The molecular weight excluding hydrogens is 393 g/mol. The highest BCUT2D eigenvalue weighted by molar-refractivity contribution is 7.99. The number of aromatic nitrogens is 3. The van der Waals surface area contributed by atoms with Crippen LogP contribution in [0.2, 0.25) is 0 Å². The van der Waals surface area contributed by atoms with Crippen LogP contribution >= 0.6 is 11.8 Å². The summed E-state index contributed by atoms with van der Waals surface area (Å²) < 4.78 is 26.5. The van der Waals surface area contributed by atoms with Crippen LogP contribution in [0, 0.1) is 19.7 Å². The fourth-order valence-corrected chi connectivity index (χ4v) is 4.02. The van der Waals surface area contributed by atoms with E-state index in [-0.39, 0.29) is 17.4 Å². The molecule has 1 aliphatic carbocycles. The topological polar surface area (TPSA) is 70.2 Å². The number of ketones is 1. The lowest BCUT2D eigenvalue weighted by Gasteiger charge is -2.10. The van der Waals surface area contributed by atoms with E-state index in [9.17, 15) is 9.18 Å². The van der Waals surface area contributed by atoms with Gasteiger partial charge in [-0.1, -0.05) is 11.8 Å². The zero-order valence-corrected chi connectivity index (χ0v) is 17.3. The lowest BCUT2D eigenvalue weighted by atomic mass is 10.2. The van der Waals surface area contributed by atoms with Crippen LogP contribution in [0.3, 0.4) is 0 Å². The molecule has 2 heterocycles. The van der Waals surface area contributed by atoms with E-state index in [2.05, 4.69) is 14.8 Å². The molecule has 0 saturated heterocycles. The van der Waals surface area contributed by atoms with Crippen LogP contribution in [0.5, 0.6) is 5.75 Å². The van der Waals surface area contributed by atoms with Crippen molar-refractivity contribution in [2.45, 2.75) is 51.0 Å². The summed E-state index contributed by atoms with van der Waals surface area (Å²) in [5.74, 6) is 0.752. The van der Waals surface area contributed by atoms with Gasteiger partial charge in [-0.2, -0.15) is 0 Å². The molecule has 1 aliphatic rings. The third-order valence-electron chi connectivity index (χ3n) is 4.92. The number of aryl methyl sites for hydroxylation is 1. The first-order chi connectivity index (χ1) is 13.9. The summed E-state index contributed by atoms with van der Waals surface area (Å²) in [5, 5.41) is 8.31. The second-order valence-electron chi connectivity index (χ2n) is 7.22. The van der Waals surface area contributed by atoms with Crippen LogP contribution in [-0.2, 0) is 0 Å². The highest BCUT2D eigenvalue weighted by Gasteiger charge is 2.28. The number of thioether (sulfide) groups is 1. The molecule has 1 atom stereocenters. The van der Waals surface area contributed by atoms with Gasteiger partial charge in [0.25, 0.3) is 11.1 Å². The molecule has 4 rings (SSSR count). The van der Waals surface area contributed by atoms with Crippen LogP contribution in [0.15, 0.2) is 40.0 Å². The van der Waals surface area contributed by atoms with Gasteiger partial charge in [-0.3, -0.25) is 4.79 Å². The minimum Gasteiger partial charge on any atom is -0.481 e. The van der Waals surface area contributed by atoms with Crippen LogP contribution in [0.4, 0.5) is 4.39 Å². The van der Waals surface area contributed by atoms with Crippen molar-refractivity contribution in [1.29, 1.82) is 0 Å². The molecule has 2 aromatic heterocycles. The predicted molar refractivity (Wildman–Crippen MR) is 107 cm³/mol. The van der Waals surface area contributed by atoms with Gasteiger partial charge >= 0.3 is 0 Å². The molecule has 1 saturated carbocycles. The minimum absolute atomic E-state index is 0.0466. The number of nitrogens with zero attached hydrogens (tertiary/aromatic N) is 3. The number of rotatable bonds is 8. The zero-order chi connectivity index (χ0) is 20.5. The second kappa shape index (κ2) is 8.02. The largest absolute Gasteiger partial charge is 0.481 e. The Kier molecular flexibility index (Phi) is 5.45. The lowest BCUT2D eigenvalue weighted by molar-refractivity contribution is 0.102. The number of carbonyl (C=O) groups is 1. The average molecular weight is 415 g/mol. The summed E-state index contributed by atoms with van der Waals surface area (Å²) >= 11 is 1.21. The maximum atomic E-state index is 13.0. The Bertz CT molecular complexity index is 1020. The van der Waals surface area contributed by atoms with Crippen LogP contribution < -0.4 is 4.74 Å². The van der Waals surface area contributed by atoms with E-state index >= 15 is 0 Å². The Labute approximate surface area is 172 Å². The molecule has 0 spiro atoms. The monoisotopic (exact) mass is 415 g/mol. The molecule has 3 aromatic rings. The van der Waals surface area contributed by atoms with Crippen molar-refractivity contribution in [2.24, 2.45) is 0 Å². The molecule has 0 amide bonds. The van der Waals surface area contributed by atoms with Crippen molar-refractivity contribution < 1.29 is 18.3 Å². The summed E-state index contributed by atoms with van der Waals surface area (Å²) in [4.78, 5) is 12.7. The molecule has 1 fully saturated rings. The van der Waals surface area contributed by atoms with Crippen molar-refractivity contribution >= 4 is 17.5 Å². The van der Waals surface area contributed by atoms with E-state index in [1.54, 1.807) is 6.92 Å². The molecule has 8 heteroatoms. The first-order valence-electron chi connectivity index (χ1n) is 9.52. The molecule has 1 aromatic carbocycles. The van der Waals surface area contributed by atoms with E-state index < -0.39 is 6.10 Å². The van der Waals surface area contributed by atoms with E-state index in [4.69, 9.17) is 9.15 Å². The lowest BCUT2D eigenvalue weighted by Crippen LogP contribution is -2.05. The molecule has 0 aliphatic heterocycles. The van der Waals surface area contributed by atoms with E-state index in [1.807, 2.05) is 19.9 Å². The highest BCUT2D eigenvalue weighted by Crippen LogP contribution is 2.38. The summed E-state index contributed by atoms with van der Waals surface area (Å²) in [6, 6.07) is 8.23. The Morgan fingerprint density at radius 2 is 2.03 bits per heavy atom. The summed E-state index contributed by atoms with van der Waals surface area (Å²) in [5.41, 5.74) is 2.92. The van der Waals surface area contributed by atoms with Crippen LogP contribution in [0.25, 0.3) is 0 Å². The van der Waals surface area contributed by atoms with Gasteiger partial charge in [0.1, 0.15) is 11.6 Å². The molecule has 1 unspecified atom stereocenters. The summed E-state index contributed by atoms with van der Waals surface area (Å²) in [6.07, 6.45) is 1.87. The van der Waals surface area contributed by atoms with Crippen molar-refractivity contribution in [3.63, 3.8) is 0 Å². The molecule has 152 valence electrons. The summed E-state index contributed by atoms with van der Waals surface area (Å²) in [7, 11) is 0. The third kappa shape index (κ3) is 4.37. The average Bonchev–Trinajstić information content (AvgIpc) is 3.32. The van der Waals surface area contributed by atoms with Gasteiger partial charge in [-0.05, 0) is 63.9 Å². The number of benzene rings is 1. The molecule has 6 nitrogen and oxygen atoms in total. The SMILES string of the molecule is Cc1cc(C(=O)CSc2nnc(C(C)Oc3ccc(F)cc3)o2)c(C)n1C1CC1. The van der Waals surface area contributed by atoms with Gasteiger partial charge in [-0.15, -0.1) is 10.2 Å². The van der Waals surface area contributed by atoms with E-state index in [1.165, 1.54) is 48.9 Å². The molecule has 0 N–H and O–H groups in total. The smallest absolute Gasteiger partial charge is 0.277 e. The standard InChI is InChI=1S/C21H22FN3O3S/c1-12-10-18(13(2)25(12)16-6-7-16)19(26)11-29-21-24-23-20(28-21)14(3)27-17-8-4-15(22)5-9-17/h4-5,8-10,14,16H,6-7,11H2,1-3H3. The van der Waals surface area contributed by atoms with E-state index in [0.29, 0.717) is 22.9 Å². The van der Waals surface area contributed by atoms with Gasteiger partial charge in [0, 0.05) is 23.0 Å². The van der Waals surface area contributed by atoms with Crippen LogP contribution in [0.1, 0.15) is 59.5 Å². The van der Waals surface area contributed by atoms with Crippen molar-refractivity contribution in [1.82, 2.24) is 14.8 Å². The Hall–Kier alpha value is -2.61. The van der Waals surface area contributed by atoms with Crippen molar-refractivity contribution in [3.05, 3.63) is 59.0 Å². The van der Waals surface area contributed by atoms with Crippen LogP contribution in [-0.4, -0.2) is 26.3 Å². The van der Waals surface area contributed by atoms with Gasteiger partial charge in [-0.25, -0.2) is 4.39 Å². The maximum absolute atomic E-state index is 13.0. The highest BCUT2D eigenvalue weighted by atomic mass is 32.2. The van der Waals surface area contributed by atoms with Gasteiger partial charge in [0.2, 0.25) is 0 Å². The first kappa shape index (κ1) is 19.7. The van der Waals surface area contributed by atoms with Crippen molar-refractivity contribution in [3.8, 4) is 5.75 Å². The molecule has 0 radical (unpaired) electrons. The number of carbonyl (C=O) groups excluding carboxylic acids is 1. The number of hydrogen-bond donors (Lipinski definition) is 0. The second-order valence-corrected chi connectivity index (χ2v) is 8.14. The third-order valence-corrected chi connectivity index (χ3v) is 5.74. The fourth-order valence-electron chi connectivity index (χ4n) is 3.37. The number of hydrogen-bond acceptors (Lipinski definition) is 6. The first-order valence-corrected chi connectivity index (χ1v) is 10.5. The summed E-state index contributed by atoms with van der Waals surface area (Å²) in [6.45, 7) is 5.81. The Morgan fingerprint density at radius 3 is 2.72 bits per heavy atom. The van der Waals surface area contributed by atoms with Gasteiger partial charge < -0.3 is 13.7 Å². The van der Waals surface area contributed by atoms with E-state index in [0.717, 1.165) is 17.0 Å². The number of halogens is 1. The molecular formula is C21H22FN3O3S. The van der Waals surface area contributed by atoms with Gasteiger partial charge in [0.05, 0.1) is 5.75 Å². The number of Topliss-reactive ketones (excluding diaryl/α,β-unsaturated/α-hetero) is 1. The van der Waals surface area contributed by atoms with Gasteiger partial charge in [0.15, 0.2) is 11.9 Å². The number of ether oxygens (including phenoxy) is 1. The Balaban J connectivity index is 1.36. The molecule has 29 heavy (non-hydrogen) atoms. The minimum atomic E-state index is -0.490. The predicted octanol–water partition coefficient (Wildman–Crippen LogP) is 5.08. The quantitative estimate of drug-likeness (QED) is 0.378.